The topological polar surface area (TPSA) is 67.2 Å². The normalized spacial score (nSPS) is 13.9. The zero-order chi connectivity index (χ0) is 17.4. The number of para-hydroxylation sites is 1. The summed E-state index contributed by atoms with van der Waals surface area (Å²) >= 11 is 0. The van der Waals surface area contributed by atoms with E-state index in [2.05, 4.69) is 24.1 Å². The first kappa shape index (κ1) is 18.2. The number of carbonyl (C=O) groups is 1. The molecule has 0 atom stereocenters. The summed E-state index contributed by atoms with van der Waals surface area (Å²) in [6.07, 6.45) is 8.89. The van der Waals surface area contributed by atoms with E-state index in [0.29, 0.717) is 0 Å². The maximum absolute atomic E-state index is 11.2. The van der Waals surface area contributed by atoms with E-state index in [4.69, 9.17) is 0 Å². The molecule has 24 heavy (non-hydrogen) atoms. The lowest BCUT2D eigenvalue weighted by molar-refractivity contribution is 0.0688. The molecule has 3 rings (SSSR count). The molecule has 0 amide bonds. The molecule has 130 valence electrons. The Morgan fingerprint density at radius 3 is 2.21 bits per heavy atom. The van der Waals surface area contributed by atoms with Crippen molar-refractivity contribution < 1.29 is 9.90 Å². The molecular weight excluding hydrogens is 302 g/mol. The van der Waals surface area contributed by atoms with Gasteiger partial charge < -0.3 is 10.4 Å². The molecule has 0 saturated carbocycles. The fourth-order valence-electron chi connectivity index (χ4n) is 2.96. The summed E-state index contributed by atoms with van der Waals surface area (Å²) in [5.74, 6) is -0.958. The van der Waals surface area contributed by atoms with Gasteiger partial charge in [0.25, 0.3) is 0 Å². The lowest BCUT2D eigenvalue weighted by atomic mass is 10.0. The quantitative estimate of drug-likeness (QED) is 0.901. The van der Waals surface area contributed by atoms with Crippen molar-refractivity contribution in [3.05, 3.63) is 47.5 Å². The number of piperidine rings is 1. The molecule has 1 aliphatic rings. The monoisotopic (exact) mass is 329 g/mol. The Labute approximate surface area is 143 Å². The molecular formula is C19H27N3O2. The number of rotatable bonds is 4. The second-order valence-electron chi connectivity index (χ2n) is 5.90. The number of aryl methyl sites for hydroxylation is 2. The van der Waals surface area contributed by atoms with Gasteiger partial charge in [0.2, 0.25) is 0 Å². The second-order valence-corrected chi connectivity index (χ2v) is 5.90. The number of benzene rings is 1. The van der Waals surface area contributed by atoms with Gasteiger partial charge in [-0.3, -0.25) is 4.57 Å². The summed E-state index contributed by atoms with van der Waals surface area (Å²) < 4.78 is 1.67. The molecule has 1 aromatic heterocycles. The average Bonchev–Trinajstić information content (AvgIpc) is 3.12. The molecule has 5 heteroatoms. The molecule has 5 nitrogen and oxygen atoms in total. The van der Waals surface area contributed by atoms with Gasteiger partial charge in [-0.2, -0.15) is 0 Å². The summed E-state index contributed by atoms with van der Waals surface area (Å²) in [7, 11) is 0. The van der Waals surface area contributed by atoms with Crippen LogP contribution in [0.3, 0.4) is 0 Å². The first-order valence-electron chi connectivity index (χ1n) is 8.76. The van der Waals surface area contributed by atoms with Gasteiger partial charge in [-0.25, -0.2) is 9.78 Å². The number of nitrogens with zero attached hydrogens (tertiary/aromatic N) is 2. The highest BCUT2D eigenvalue weighted by atomic mass is 16.4. The first-order valence-corrected chi connectivity index (χ1v) is 8.76. The van der Waals surface area contributed by atoms with Crippen LogP contribution in [0.25, 0.3) is 5.69 Å². The maximum Gasteiger partial charge on any atom is 0.354 e. The van der Waals surface area contributed by atoms with E-state index < -0.39 is 5.97 Å². The number of aromatic nitrogens is 2. The highest BCUT2D eigenvalue weighted by Crippen LogP contribution is 2.22. The summed E-state index contributed by atoms with van der Waals surface area (Å²) in [5, 5.41) is 12.5. The largest absolute Gasteiger partial charge is 0.477 e. The molecule has 0 bridgehead atoms. The molecule has 1 fully saturated rings. The molecule has 0 unspecified atom stereocenters. The van der Waals surface area contributed by atoms with Gasteiger partial charge >= 0.3 is 5.97 Å². The molecule has 0 radical (unpaired) electrons. The van der Waals surface area contributed by atoms with Gasteiger partial charge in [0, 0.05) is 0 Å². The van der Waals surface area contributed by atoms with E-state index in [1.807, 2.05) is 18.2 Å². The summed E-state index contributed by atoms with van der Waals surface area (Å²) in [4.78, 5) is 15.1. The standard InChI is InChI=1S/C14H16N2O2.C5H11N/c1-3-10-6-5-7-11(4-2)13(10)16-9-15-8-12(16)14(17)18;1-2-4-6-5-3-1/h5-9H,3-4H2,1-2H3,(H,17,18);6H,1-5H2. The SMILES string of the molecule is C1CCNCC1.CCc1cccc(CC)c1-n1cncc1C(=O)O. The lowest BCUT2D eigenvalue weighted by Gasteiger charge is -2.15. The highest BCUT2D eigenvalue weighted by Gasteiger charge is 2.15. The molecule has 0 spiro atoms. The summed E-state index contributed by atoms with van der Waals surface area (Å²) in [6, 6.07) is 6.07. The maximum atomic E-state index is 11.2. The number of hydrogen-bond acceptors (Lipinski definition) is 3. The number of imidazole rings is 1. The fourth-order valence-corrected chi connectivity index (χ4v) is 2.96. The Morgan fingerprint density at radius 2 is 1.79 bits per heavy atom. The minimum atomic E-state index is -0.958. The smallest absolute Gasteiger partial charge is 0.354 e. The van der Waals surface area contributed by atoms with Crippen LogP contribution in [-0.4, -0.2) is 33.7 Å². The van der Waals surface area contributed by atoms with Crippen LogP contribution in [0.5, 0.6) is 0 Å². The van der Waals surface area contributed by atoms with Crippen LogP contribution in [-0.2, 0) is 12.8 Å². The zero-order valence-corrected chi connectivity index (χ0v) is 14.6. The Balaban J connectivity index is 0.000000292. The van der Waals surface area contributed by atoms with Crippen LogP contribution in [0.1, 0.15) is 54.7 Å². The fraction of sp³-hybridized carbons (Fsp3) is 0.474. The number of carboxylic acid groups (broad SMARTS) is 1. The Morgan fingerprint density at radius 1 is 1.17 bits per heavy atom. The molecule has 0 aliphatic carbocycles. The predicted molar refractivity (Wildman–Crippen MR) is 96.0 cm³/mol. The van der Waals surface area contributed by atoms with Crippen LogP contribution in [0.15, 0.2) is 30.7 Å². The Hall–Kier alpha value is -2.14. The van der Waals surface area contributed by atoms with E-state index in [1.54, 1.807) is 10.9 Å². The number of aromatic carboxylic acids is 1. The Bertz CT molecular complexity index is 627. The van der Waals surface area contributed by atoms with Crippen molar-refractivity contribution >= 4 is 5.97 Å². The lowest BCUT2D eigenvalue weighted by Crippen LogP contribution is -2.21. The van der Waals surface area contributed by atoms with Crippen molar-refractivity contribution in [2.45, 2.75) is 46.0 Å². The van der Waals surface area contributed by atoms with Crippen molar-refractivity contribution in [2.24, 2.45) is 0 Å². The Kier molecular flexibility index (Phi) is 7.00. The van der Waals surface area contributed by atoms with Crippen LogP contribution in [0.4, 0.5) is 0 Å². The van der Waals surface area contributed by atoms with Crippen molar-refractivity contribution in [3.8, 4) is 5.69 Å². The van der Waals surface area contributed by atoms with Crippen LogP contribution in [0, 0.1) is 0 Å². The molecule has 1 aliphatic heterocycles. The van der Waals surface area contributed by atoms with Crippen molar-refractivity contribution in [1.29, 1.82) is 0 Å². The summed E-state index contributed by atoms with van der Waals surface area (Å²) in [5.41, 5.74) is 3.42. The molecule has 2 heterocycles. The van der Waals surface area contributed by atoms with Crippen molar-refractivity contribution in [3.63, 3.8) is 0 Å². The predicted octanol–water partition coefficient (Wildman–Crippen LogP) is 3.46. The molecule has 2 N–H and O–H groups in total. The van der Waals surface area contributed by atoms with Gasteiger partial charge in [0.15, 0.2) is 5.69 Å². The van der Waals surface area contributed by atoms with Crippen molar-refractivity contribution in [2.75, 3.05) is 13.1 Å². The summed E-state index contributed by atoms with van der Waals surface area (Å²) in [6.45, 7) is 6.63. The van der Waals surface area contributed by atoms with Gasteiger partial charge in [0.05, 0.1) is 18.2 Å². The van der Waals surface area contributed by atoms with Gasteiger partial charge in [-0.15, -0.1) is 0 Å². The van der Waals surface area contributed by atoms with E-state index in [9.17, 15) is 9.90 Å². The van der Waals surface area contributed by atoms with Gasteiger partial charge in [0.1, 0.15) is 0 Å². The number of nitrogens with one attached hydrogen (secondary N) is 1. The van der Waals surface area contributed by atoms with E-state index in [-0.39, 0.29) is 5.69 Å². The van der Waals surface area contributed by atoms with Gasteiger partial charge in [-0.05, 0) is 49.9 Å². The number of carboxylic acids is 1. The molecule has 1 aromatic carbocycles. The highest BCUT2D eigenvalue weighted by molar-refractivity contribution is 5.86. The van der Waals surface area contributed by atoms with E-state index >= 15 is 0 Å². The van der Waals surface area contributed by atoms with Gasteiger partial charge in [-0.1, -0.05) is 38.5 Å². The zero-order valence-electron chi connectivity index (χ0n) is 14.6. The third kappa shape index (κ3) is 4.45. The van der Waals surface area contributed by atoms with Crippen LogP contribution >= 0.6 is 0 Å². The van der Waals surface area contributed by atoms with E-state index in [1.165, 1.54) is 38.5 Å². The number of hydrogen-bond donors (Lipinski definition) is 2. The minimum absolute atomic E-state index is 0.200. The van der Waals surface area contributed by atoms with Crippen molar-refractivity contribution in [1.82, 2.24) is 14.9 Å². The average molecular weight is 329 g/mol. The minimum Gasteiger partial charge on any atom is -0.477 e. The van der Waals surface area contributed by atoms with Crippen LogP contribution < -0.4 is 5.32 Å². The third-order valence-electron chi connectivity index (χ3n) is 4.27. The third-order valence-corrected chi connectivity index (χ3v) is 4.27. The van der Waals surface area contributed by atoms with Crippen LogP contribution in [0.2, 0.25) is 0 Å². The molecule has 2 aromatic rings. The first-order chi connectivity index (χ1) is 11.7. The second kappa shape index (κ2) is 9.23. The molecule has 1 saturated heterocycles. The van der Waals surface area contributed by atoms with E-state index in [0.717, 1.165) is 29.7 Å².